The van der Waals surface area contributed by atoms with Crippen LogP contribution in [0.4, 0.5) is 11.4 Å². The molecule has 2 aromatic rings. The molecule has 0 aromatic heterocycles. The number of anilines is 1. The molecule has 37 heavy (non-hydrogen) atoms. The molecule has 0 aliphatic carbocycles. The molecule has 0 unspecified atom stereocenters. The summed E-state index contributed by atoms with van der Waals surface area (Å²) in [6.07, 6.45) is -0.449. The highest BCUT2D eigenvalue weighted by Gasteiger charge is 2.23. The van der Waals surface area contributed by atoms with Crippen molar-refractivity contribution >= 4 is 45.1 Å². The molecule has 0 heterocycles. The molecule has 6 N–H and O–H groups in total. The Morgan fingerprint density at radius 3 is 2.16 bits per heavy atom. The van der Waals surface area contributed by atoms with Gasteiger partial charge in [-0.3, -0.25) is 19.7 Å². The fourth-order valence-corrected chi connectivity index (χ4v) is 3.91. The van der Waals surface area contributed by atoms with E-state index in [0.29, 0.717) is 5.56 Å². The number of hydrogen-bond acceptors (Lipinski definition) is 8. The molecular weight excluding hydrogens is 508 g/mol. The second kappa shape index (κ2) is 13.0. The van der Waals surface area contributed by atoms with Gasteiger partial charge in [-0.25, -0.2) is 4.79 Å². The van der Waals surface area contributed by atoms with Crippen molar-refractivity contribution in [2.24, 2.45) is 15.9 Å². The minimum atomic E-state index is -4.07. The van der Waals surface area contributed by atoms with Crippen molar-refractivity contribution < 1.29 is 32.5 Å². The summed E-state index contributed by atoms with van der Waals surface area (Å²) in [7, 11) is -4.07. The third-order valence-electron chi connectivity index (χ3n) is 4.73. The number of ether oxygens (including phenoxy) is 1. The lowest BCUT2D eigenvalue weighted by atomic mass is 10.1. The Bertz CT molecular complexity index is 1270. The van der Waals surface area contributed by atoms with E-state index in [1.54, 1.807) is 6.92 Å². The van der Waals surface area contributed by atoms with Gasteiger partial charge < -0.3 is 26.8 Å². The molecule has 2 amide bonds. The average molecular weight is 535 g/mol. The van der Waals surface area contributed by atoms with Gasteiger partial charge in [-0.1, -0.05) is 12.1 Å². The van der Waals surface area contributed by atoms with Crippen molar-refractivity contribution in [2.45, 2.75) is 37.1 Å². The second-order valence-electron chi connectivity index (χ2n) is 7.56. The number of guanidine groups is 1. The van der Waals surface area contributed by atoms with Crippen molar-refractivity contribution in [1.82, 2.24) is 5.32 Å². The molecular formula is C22H26N6O8S. The average Bonchev–Trinajstić information content (AvgIpc) is 2.82. The van der Waals surface area contributed by atoms with E-state index < -0.39 is 44.7 Å². The second-order valence-corrected chi connectivity index (χ2v) is 9.17. The van der Waals surface area contributed by atoms with Gasteiger partial charge in [0.2, 0.25) is 17.8 Å². The lowest BCUT2D eigenvalue weighted by Crippen LogP contribution is -2.43. The summed E-state index contributed by atoms with van der Waals surface area (Å²) in [6, 6.07) is 9.51. The normalized spacial score (nSPS) is 11.6. The molecule has 0 bridgehead atoms. The lowest BCUT2D eigenvalue weighted by Gasteiger charge is -2.17. The predicted molar refractivity (Wildman–Crippen MR) is 133 cm³/mol. The van der Waals surface area contributed by atoms with E-state index >= 15 is 0 Å². The highest BCUT2D eigenvalue weighted by molar-refractivity contribution is 7.90. The first-order valence-corrected chi connectivity index (χ1v) is 12.3. The minimum Gasteiger partial charge on any atom is -0.464 e. The van der Waals surface area contributed by atoms with Crippen LogP contribution in [0.5, 0.6) is 0 Å². The standard InChI is InChI=1S/C22H26N6O8S/c1-2-36-21(31)18(13-14-3-7-16(8-4-14)28(32)33)26-20(30)12-11-19(29)25-15-5-9-17(10-6-15)37(34,35)27-22(23)24/h3-10,18H,2,11-13H2,1H3,(H,25,29)(H,26,30)(H4,23,24,27)/t18-/m1/s1. The van der Waals surface area contributed by atoms with Crippen LogP contribution in [-0.2, 0) is 35.6 Å². The van der Waals surface area contributed by atoms with Gasteiger partial charge in [0.05, 0.1) is 16.4 Å². The van der Waals surface area contributed by atoms with Gasteiger partial charge in [0, 0.05) is 37.1 Å². The smallest absolute Gasteiger partial charge is 0.328 e. The number of sulfonamides is 1. The van der Waals surface area contributed by atoms with Crippen molar-refractivity contribution in [1.29, 1.82) is 0 Å². The number of carbonyl (C=O) groups is 3. The van der Waals surface area contributed by atoms with E-state index in [2.05, 4.69) is 15.0 Å². The van der Waals surface area contributed by atoms with Crippen LogP contribution in [0.3, 0.4) is 0 Å². The van der Waals surface area contributed by atoms with Crippen molar-refractivity contribution in [3.05, 3.63) is 64.2 Å². The number of rotatable bonds is 12. The van der Waals surface area contributed by atoms with Crippen LogP contribution in [0, 0.1) is 10.1 Å². The van der Waals surface area contributed by atoms with Crippen LogP contribution in [-0.4, -0.2) is 49.7 Å². The molecule has 0 saturated carbocycles. The van der Waals surface area contributed by atoms with Crippen molar-refractivity contribution in [3.63, 3.8) is 0 Å². The molecule has 0 spiro atoms. The number of benzene rings is 2. The van der Waals surface area contributed by atoms with Gasteiger partial charge in [0.15, 0.2) is 0 Å². The molecule has 2 rings (SSSR count). The highest BCUT2D eigenvalue weighted by Crippen LogP contribution is 2.17. The number of esters is 1. The number of nitrogens with zero attached hydrogens (tertiary/aromatic N) is 2. The monoisotopic (exact) mass is 534 g/mol. The van der Waals surface area contributed by atoms with Gasteiger partial charge in [0.25, 0.3) is 15.7 Å². The fraction of sp³-hybridized carbons (Fsp3) is 0.273. The number of hydrogen-bond donors (Lipinski definition) is 4. The molecule has 0 aliphatic rings. The Morgan fingerprint density at radius 1 is 1.03 bits per heavy atom. The number of nitrogens with one attached hydrogen (secondary N) is 2. The first kappa shape index (κ1) is 28.7. The Hall–Kier alpha value is -4.53. The summed E-state index contributed by atoms with van der Waals surface area (Å²) in [5.41, 5.74) is 10.9. The lowest BCUT2D eigenvalue weighted by molar-refractivity contribution is -0.384. The van der Waals surface area contributed by atoms with Crippen LogP contribution < -0.4 is 22.1 Å². The zero-order valence-corrected chi connectivity index (χ0v) is 20.6. The van der Waals surface area contributed by atoms with Crippen LogP contribution in [0.15, 0.2) is 57.8 Å². The Morgan fingerprint density at radius 2 is 1.62 bits per heavy atom. The molecule has 0 saturated heterocycles. The molecule has 198 valence electrons. The number of nitro benzene ring substituents is 1. The molecule has 14 nitrogen and oxygen atoms in total. The van der Waals surface area contributed by atoms with E-state index in [1.807, 2.05) is 0 Å². The van der Waals surface area contributed by atoms with Gasteiger partial charge in [0.1, 0.15) is 6.04 Å². The van der Waals surface area contributed by atoms with Gasteiger partial charge in [-0.2, -0.15) is 8.42 Å². The molecule has 0 radical (unpaired) electrons. The molecule has 0 aliphatic heterocycles. The summed E-state index contributed by atoms with van der Waals surface area (Å²) < 4.78 is 32.0. The van der Waals surface area contributed by atoms with E-state index in [9.17, 15) is 32.9 Å². The van der Waals surface area contributed by atoms with Crippen LogP contribution >= 0.6 is 0 Å². The number of amides is 2. The van der Waals surface area contributed by atoms with E-state index in [-0.39, 0.29) is 42.1 Å². The maximum atomic E-state index is 12.4. The van der Waals surface area contributed by atoms with Gasteiger partial charge in [-0.15, -0.1) is 4.40 Å². The summed E-state index contributed by atoms with van der Waals surface area (Å²) >= 11 is 0. The topological polar surface area (TPSA) is 226 Å². The highest BCUT2D eigenvalue weighted by atomic mass is 32.2. The van der Waals surface area contributed by atoms with E-state index in [0.717, 1.165) is 0 Å². The number of nitrogens with two attached hydrogens (primary N) is 2. The van der Waals surface area contributed by atoms with Crippen molar-refractivity contribution in [2.75, 3.05) is 11.9 Å². The predicted octanol–water partition coefficient (Wildman–Crippen LogP) is 0.566. The molecule has 15 heteroatoms. The zero-order chi connectivity index (χ0) is 27.6. The first-order valence-electron chi connectivity index (χ1n) is 10.9. The summed E-state index contributed by atoms with van der Waals surface area (Å²) in [5.74, 6) is -2.42. The van der Waals surface area contributed by atoms with Crippen LogP contribution in [0.2, 0.25) is 0 Å². The quantitative estimate of drug-likeness (QED) is 0.0972. The maximum absolute atomic E-state index is 12.4. The zero-order valence-electron chi connectivity index (χ0n) is 19.7. The largest absolute Gasteiger partial charge is 0.464 e. The maximum Gasteiger partial charge on any atom is 0.328 e. The Balaban J connectivity index is 1.94. The number of carbonyl (C=O) groups excluding carboxylic acids is 3. The summed E-state index contributed by atoms with van der Waals surface area (Å²) in [5, 5.41) is 15.9. The Labute approximate surface area is 212 Å². The third kappa shape index (κ3) is 9.21. The third-order valence-corrected chi connectivity index (χ3v) is 6.05. The van der Waals surface area contributed by atoms with Gasteiger partial charge >= 0.3 is 5.97 Å². The van der Waals surface area contributed by atoms with Crippen LogP contribution in [0.1, 0.15) is 25.3 Å². The summed E-state index contributed by atoms with van der Waals surface area (Å²) in [4.78, 5) is 47.0. The van der Waals surface area contributed by atoms with Crippen LogP contribution in [0.25, 0.3) is 0 Å². The van der Waals surface area contributed by atoms with Crippen molar-refractivity contribution in [3.8, 4) is 0 Å². The Kier molecular flexibility index (Phi) is 10.1. The first-order chi connectivity index (χ1) is 17.4. The molecule has 2 aromatic carbocycles. The molecule has 1 atom stereocenters. The number of nitro groups is 1. The minimum absolute atomic E-state index is 0.0316. The van der Waals surface area contributed by atoms with E-state index in [1.165, 1.54) is 48.5 Å². The molecule has 0 fully saturated rings. The number of non-ortho nitro benzene ring substituents is 1. The van der Waals surface area contributed by atoms with Gasteiger partial charge in [-0.05, 0) is 36.8 Å². The summed E-state index contributed by atoms with van der Waals surface area (Å²) in [6.45, 7) is 1.69. The fourth-order valence-electron chi connectivity index (χ4n) is 3.04. The SMILES string of the molecule is CCOC(=O)[C@@H](Cc1ccc([N+](=O)[O-])cc1)NC(=O)CCC(=O)Nc1ccc(S(=O)(=O)N=C(N)N)cc1. The van der Waals surface area contributed by atoms with E-state index in [4.69, 9.17) is 16.2 Å².